The lowest BCUT2D eigenvalue weighted by molar-refractivity contribution is -0.125. The summed E-state index contributed by atoms with van der Waals surface area (Å²) in [4.78, 5) is 32.4. The Balaban J connectivity index is 1.65. The van der Waals surface area contributed by atoms with E-state index in [1.165, 1.54) is 0 Å². The van der Waals surface area contributed by atoms with Gasteiger partial charge in [-0.05, 0) is 43.6 Å². The van der Waals surface area contributed by atoms with Crippen LogP contribution in [0.3, 0.4) is 0 Å². The van der Waals surface area contributed by atoms with Gasteiger partial charge in [-0.3, -0.25) is 9.59 Å². The van der Waals surface area contributed by atoms with E-state index in [0.29, 0.717) is 36.7 Å². The number of hydrogen-bond donors (Lipinski definition) is 1. The molecule has 1 atom stereocenters. The number of carbonyl (C=O) groups excluding carboxylic acids is 2. The molecule has 1 unspecified atom stereocenters. The Labute approximate surface area is 183 Å². The number of carbonyl (C=O) groups is 2. The molecule has 3 heterocycles. The second kappa shape index (κ2) is 8.24. The molecule has 0 spiro atoms. The van der Waals surface area contributed by atoms with Crippen molar-refractivity contribution >= 4 is 22.9 Å². The third kappa shape index (κ3) is 4.91. The Morgan fingerprint density at radius 2 is 2.00 bits per heavy atom. The number of nitrogens with zero attached hydrogens (tertiary/aromatic N) is 3. The van der Waals surface area contributed by atoms with Crippen molar-refractivity contribution in [2.45, 2.75) is 78.7 Å². The van der Waals surface area contributed by atoms with E-state index in [4.69, 9.17) is 9.51 Å². The highest BCUT2D eigenvalue weighted by Crippen LogP contribution is 2.41. The maximum Gasteiger partial charge on any atom is 0.259 e. The number of piperidine rings is 1. The summed E-state index contributed by atoms with van der Waals surface area (Å²) in [6.45, 7) is 11.4. The maximum absolute atomic E-state index is 13.7. The van der Waals surface area contributed by atoms with Crippen molar-refractivity contribution in [2.75, 3.05) is 13.1 Å². The minimum absolute atomic E-state index is 0.00986. The van der Waals surface area contributed by atoms with Gasteiger partial charge in [0.25, 0.3) is 11.6 Å². The van der Waals surface area contributed by atoms with Gasteiger partial charge in [0.05, 0.1) is 16.6 Å². The van der Waals surface area contributed by atoms with Crippen molar-refractivity contribution in [3.8, 4) is 0 Å². The fraction of sp³-hybridized carbons (Fsp3) is 0.667. The monoisotopic (exact) mass is 426 g/mol. The largest absolute Gasteiger partial charge is 0.351 e. The number of hydrogen-bond acceptors (Lipinski definition) is 5. The van der Waals surface area contributed by atoms with Gasteiger partial charge < -0.3 is 14.7 Å². The molecule has 1 saturated heterocycles. The van der Waals surface area contributed by atoms with Gasteiger partial charge in [-0.2, -0.15) is 0 Å². The quantitative estimate of drug-likeness (QED) is 0.779. The molecule has 1 N–H and O–H groups in total. The summed E-state index contributed by atoms with van der Waals surface area (Å²) in [6.07, 6.45) is 4.67. The zero-order valence-corrected chi connectivity index (χ0v) is 19.3. The van der Waals surface area contributed by atoms with E-state index in [2.05, 4.69) is 31.2 Å². The van der Waals surface area contributed by atoms with Gasteiger partial charge in [0.15, 0.2) is 0 Å². The van der Waals surface area contributed by atoms with Crippen LogP contribution in [0.25, 0.3) is 11.1 Å². The molecule has 2 amide bonds. The minimum Gasteiger partial charge on any atom is -0.351 e. The molecule has 0 bridgehead atoms. The molecule has 2 aliphatic rings. The molecule has 168 valence electrons. The molecule has 1 aliphatic heterocycles. The fourth-order valence-electron chi connectivity index (χ4n) is 4.23. The molecule has 7 heteroatoms. The highest BCUT2D eigenvalue weighted by atomic mass is 16.5. The number of amides is 2. The summed E-state index contributed by atoms with van der Waals surface area (Å²) in [5.74, 6) is 0.361. The van der Waals surface area contributed by atoms with Gasteiger partial charge in [0.1, 0.15) is 0 Å². The first-order valence-electron chi connectivity index (χ1n) is 11.5. The first kappa shape index (κ1) is 21.8. The molecule has 2 aromatic heterocycles. The van der Waals surface area contributed by atoms with E-state index in [-0.39, 0.29) is 29.2 Å². The van der Waals surface area contributed by atoms with Crippen molar-refractivity contribution < 1.29 is 14.1 Å². The van der Waals surface area contributed by atoms with E-state index in [1.54, 1.807) is 0 Å². The fourth-order valence-corrected chi connectivity index (χ4v) is 4.23. The molecule has 2 fully saturated rings. The summed E-state index contributed by atoms with van der Waals surface area (Å²) in [5.41, 5.74) is 2.84. The van der Waals surface area contributed by atoms with Crippen molar-refractivity contribution in [3.05, 3.63) is 23.0 Å². The van der Waals surface area contributed by atoms with Crippen LogP contribution in [0, 0.1) is 11.3 Å². The summed E-state index contributed by atoms with van der Waals surface area (Å²) in [5, 5.41) is 8.14. The van der Waals surface area contributed by atoms with Gasteiger partial charge in [-0.1, -0.05) is 39.8 Å². The number of nitrogens with one attached hydrogen (secondary N) is 1. The SMILES string of the molecule is CC(C)C(=O)NC1CCCN(C(=O)c2cc(C3CC3)nc3onc(CC(C)(C)C)c23)C1. The molecule has 0 radical (unpaired) electrons. The van der Waals surface area contributed by atoms with Crippen molar-refractivity contribution in [3.63, 3.8) is 0 Å². The molecule has 31 heavy (non-hydrogen) atoms. The van der Waals surface area contributed by atoms with Gasteiger partial charge in [-0.25, -0.2) is 4.98 Å². The Morgan fingerprint density at radius 1 is 1.26 bits per heavy atom. The molecule has 2 aromatic rings. The van der Waals surface area contributed by atoms with E-state index < -0.39 is 0 Å². The molecule has 1 saturated carbocycles. The molecular formula is C24H34N4O3. The lowest BCUT2D eigenvalue weighted by Gasteiger charge is -2.33. The van der Waals surface area contributed by atoms with Crippen LogP contribution in [-0.2, 0) is 11.2 Å². The van der Waals surface area contributed by atoms with Crippen molar-refractivity contribution in [2.24, 2.45) is 11.3 Å². The van der Waals surface area contributed by atoms with Crippen LogP contribution < -0.4 is 5.32 Å². The predicted octanol–water partition coefficient (Wildman–Crippen LogP) is 4.07. The minimum atomic E-state index is -0.0658. The van der Waals surface area contributed by atoms with Gasteiger partial charge >= 0.3 is 0 Å². The van der Waals surface area contributed by atoms with Gasteiger partial charge in [-0.15, -0.1) is 0 Å². The smallest absolute Gasteiger partial charge is 0.259 e. The number of likely N-dealkylation sites (tertiary alicyclic amines) is 1. The van der Waals surface area contributed by atoms with Crippen LogP contribution in [0.2, 0.25) is 0 Å². The van der Waals surface area contributed by atoms with Gasteiger partial charge in [0, 0.05) is 36.7 Å². The molecule has 4 rings (SSSR count). The highest BCUT2D eigenvalue weighted by Gasteiger charge is 2.33. The highest BCUT2D eigenvalue weighted by molar-refractivity contribution is 6.06. The summed E-state index contributed by atoms with van der Waals surface area (Å²) >= 11 is 0. The lowest BCUT2D eigenvalue weighted by atomic mass is 9.89. The van der Waals surface area contributed by atoms with Crippen LogP contribution in [0.5, 0.6) is 0 Å². The molecular weight excluding hydrogens is 392 g/mol. The molecule has 7 nitrogen and oxygen atoms in total. The zero-order chi connectivity index (χ0) is 22.3. The molecule has 1 aliphatic carbocycles. The normalized spacial score (nSPS) is 19.8. The Kier molecular flexibility index (Phi) is 5.79. The maximum atomic E-state index is 13.7. The first-order valence-corrected chi connectivity index (χ1v) is 11.5. The lowest BCUT2D eigenvalue weighted by Crippen LogP contribution is -2.50. The van der Waals surface area contributed by atoms with Crippen molar-refractivity contribution in [1.82, 2.24) is 20.4 Å². The number of rotatable bonds is 5. The van der Waals surface area contributed by atoms with Crippen LogP contribution in [0.4, 0.5) is 0 Å². The van der Waals surface area contributed by atoms with Crippen LogP contribution >= 0.6 is 0 Å². The number of fused-ring (bicyclic) bond motifs is 1. The Bertz CT molecular complexity index is 985. The average molecular weight is 427 g/mol. The molecule has 0 aromatic carbocycles. The summed E-state index contributed by atoms with van der Waals surface area (Å²) < 4.78 is 5.60. The Hall–Kier alpha value is -2.44. The summed E-state index contributed by atoms with van der Waals surface area (Å²) in [6, 6.07) is 1.95. The number of pyridine rings is 1. The van der Waals surface area contributed by atoms with Crippen LogP contribution in [0.15, 0.2) is 10.6 Å². The first-order chi connectivity index (χ1) is 14.6. The summed E-state index contributed by atoms with van der Waals surface area (Å²) in [7, 11) is 0. The second-order valence-corrected chi connectivity index (χ2v) is 10.7. The van der Waals surface area contributed by atoms with Crippen LogP contribution in [0.1, 0.15) is 88.0 Å². The third-order valence-electron chi connectivity index (χ3n) is 6.04. The number of aromatic nitrogens is 2. The zero-order valence-electron chi connectivity index (χ0n) is 19.3. The average Bonchev–Trinajstić information content (AvgIpc) is 3.48. The topological polar surface area (TPSA) is 88.3 Å². The van der Waals surface area contributed by atoms with E-state index >= 15 is 0 Å². The van der Waals surface area contributed by atoms with E-state index in [1.807, 2.05) is 24.8 Å². The van der Waals surface area contributed by atoms with Gasteiger partial charge in [0.2, 0.25) is 5.91 Å². The standard InChI is InChI=1S/C24H34N4O3/c1-14(2)21(29)25-16-7-6-10-28(13-16)23(30)17-11-18(15-8-9-15)26-22-20(17)19(27-31-22)12-24(3,4)5/h11,14-16H,6-10,12-13H2,1-5H3,(H,25,29). The van der Waals surface area contributed by atoms with E-state index in [0.717, 1.165) is 42.5 Å². The Morgan fingerprint density at radius 3 is 2.65 bits per heavy atom. The van der Waals surface area contributed by atoms with E-state index in [9.17, 15) is 9.59 Å². The second-order valence-electron chi connectivity index (χ2n) is 10.7. The predicted molar refractivity (Wildman–Crippen MR) is 119 cm³/mol. The van der Waals surface area contributed by atoms with Crippen molar-refractivity contribution in [1.29, 1.82) is 0 Å². The third-order valence-corrected chi connectivity index (χ3v) is 6.04. The van der Waals surface area contributed by atoms with Crippen LogP contribution in [-0.4, -0.2) is 46.0 Å².